The van der Waals surface area contributed by atoms with Crippen molar-refractivity contribution in [2.75, 3.05) is 13.3 Å². The lowest BCUT2D eigenvalue weighted by Gasteiger charge is -2.10. The number of rotatable bonds is 11. The molecule has 0 bridgehead atoms. The van der Waals surface area contributed by atoms with E-state index in [1.165, 1.54) is 6.92 Å². The summed E-state index contributed by atoms with van der Waals surface area (Å²) in [5.74, 6) is 0.526. The Morgan fingerprint density at radius 2 is 1.94 bits per heavy atom. The molecule has 0 aliphatic carbocycles. The molecule has 0 saturated heterocycles. The van der Waals surface area contributed by atoms with Gasteiger partial charge < -0.3 is 14.7 Å². The molecule has 1 rings (SSSR count). The fourth-order valence-corrected chi connectivity index (χ4v) is 1.91. The molecule has 0 radical (unpaired) electrons. The van der Waals surface area contributed by atoms with Crippen LogP contribution in [0.1, 0.15) is 38.3 Å². The molecule has 0 aliphatic rings. The van der Waals surface area contributed by atoms with Crippen molar-refractivity contribution >= 4 is 12.2 Å². The van der Waals surface area contributed by atoms with Gasteiger partial charge >= 0.3 is 5.97 Å². The molecule has 1 N–H and O–H groups in total. The second kappa shape index (κ2) is 20.6. The minimum absolute atomic E-state index is 0.127. The molecule has 0 atom stereocenters. The predicted octanol–water partition coefficient (Wildman–Crippen LogP) is 6.84. The molecule has 0 amide bonds. The van der Waals surface area contributed by atoms with Crippen LogP contribution in [0.2, 0.25) is 0 Å². The monoisotopic (exact) mass is 469 g/mol. The number of hydrogen-bond donors (Lipinski definition) is 1. The van der Waals surface area contributed by atoms with Crippen molar-refractivity contribution < 1.29 is 32.6 Å². The number of carboxylic acid groups (broad SMARTS) is 1. The fourth-order valence-electron chi connectivity index (χ4n) is 1.91. The summed E-state index contributed by atoms with van der Waals surface area (Å²) in [5, 5.41) is 12.5. The van der Waals surface area contributed by atoms with E-state index in [2.05, 4.69) is 18.3 Å². The van der Waals surface area contributed by atoms with Crippen LogP contribution in [0.25, 0.3) is 0 Å². The molecule has 0 aliphatic heterocycles. The van der Waals surface area contributed by atoms with Gasteiger partial charge in [0.2, 0.25) is 0 Å². The lowest BCUT2D eigenvalue weighted by molar-refractivity contribution is -0.136. The Hall–Kier alpha value is -3.29. The highest BCUT2D eigenvalue weighted by molar-refractivity contribution is 5.70. The van der Waals surface area contributed by atoms with Crippen LogP contribution in [0.4, 0.5) is 13.2 Å². The molecule has 1 aromatic rings. The molecule has 0 aromatic heterocycles. The topological polar surface area (TPSA) is 68.1 Å². The minimum Gasteiger partial charge on any atom is -0.486 e. The summed E-state index contributed by atoms with van der Waals surface area (Å²) in [6, 6.07) is 5.63. The Morgan fingerprint density at radius 1 is 1.30 bits per heavy atom. The standard InChI is InChI=1S/C18H23NO4.C5H6F2.C2H5F/c1-4-6-11-19-23-16(5-2)13-22-17-9-7-15(14(3)12-17)8-10-18(20)21;1-3-4(2)5(6)7;1-2-3/h4-7,9,11-12H,8,10,13H2,1-3H3,(H,20,21);3,5H,1-2H2;2H2,1H3/b6-4+,16-5+,19-11+;;. The van der Waals surface area contributed by atoms with Gasteiger partial charge in [-0.05, 0) is 69.5 Å². The van der Waals surface area contributed by atoms with E-state index in [4.69, 9.17) is 14.7 Å². The number of halogens is 3. The zero-order valence-corrected chi connectivity index (χ0v) is 19.7. The number of allylic oxidation sites excluding steroid dienone is 5. The smallest absolute Gasteiger partial charge is 0.303 e. The molecule has 184 valence electrons. The lowest BCUT2D eigenvalue weighted by atomic mass is 10.0. The summed E-state index contributed by atoms with van der Waals surface area (Å²) >= 11 is 0. The van der Waals surface area contributed by atoms with Gasteiger partial charge in [-0.25, -0.2) is 8.78 Å². The first kappa shape index (κ1) is 31.9. The fraction of sp³-hybridized carbons (Fsp3) is 0.360. The zero-order chi connectivity index (χ0) is 25.6. The van der Waals surface area contributed by atoms with Crippen molar-refractivity contribution in [3.63, 3.8) is 0 Å². The molecular formula is C25H34F3NO4. The molecule has 0 spiro atoms. The minimum atomic E-state index is -2.45. The maximum Gasteiger partial charge on any atom is 0.303 e. The van der Waals surface area contributed by atoms with Crippen molar-refractivity contribution in [1.29, 1.82) is 0 Å². The van der Waals surface area contributed by atoms with Gasteiger partial charge in [-0.1, -0.05) is 36.5 Å². The van der Waals surface area contributed by atoms with Crippen LogP contribution in [0.15, 0.2) is 72.1 Å². The molecule has 5 nitrogen and oxygen atoms in total. The Labute approximate surface area is 194 Å². The van der Waals surface area contributed by atoms with Gasteiger partial charge in [0, 0.05) is 12.0 Å². The number of carbonyl (C=O) groups is 1. The van der Waals surface area contributed by atoms with Gasteiger partial charge in [0.15, 0.2) is 5.76 Å². The summed E-state index contributed by atoms with van der Waals surface area (Å²) in [6.45, 7) is 13.3. The first-order valence-electron chi connectivity index (χ1n) is 10.2. The maximum atomic E-state index is 11.3. The first-order chi connectivity index (χ1) is 15.7. The quantitative estimate of drug-likeness (QED) is 0.167. The molecule has 33 heavy (non-hydrogen) atoms. The number of aliphatic carboxylic acids is 1. The molecule has 1 aromatic carbocycles. The second-order valence-corrected chi connectivity index (χ2v) is 6.24. The number of alkyl halides is 3. The summed E-state index contributed by atoms with van der Waals surface area (Å²) in [6.07, 6.45) is 6.22. The number of carboxylic acids is 1. The number of benzene rings is 1. The van der Waals surface area contributed by atoms with E-state index >= 15 is 0 Å². The Bertz CT molecular complexity index is 803. The van der Waals surface area contributed by atoms with Crippen molar-refractivity contribution in [2.45, 2.75) is 47.0 Å². The van der Waals surface area contributed by atoms with Gasteiger partial charge in [-0.15, -0.1) is 0 Å². The van der Waals surface area contributed by atoms with Crippen LogP contribution in [0.3, 0.4) is 0 Å². The highest BCUT2D eigenvalue weighted by atomic mass is 19.3. The van der Waals surface area contributed by atoms with Crippen LogP contribution in [0.5, 0.6) is 5.75 Å². The van der Waals surface area contributed by atoms with E-state index in [9.17, 15) is 18.0 Å². The van der Waals surface area contributed by atoms with E-state index < -0.39 is 12.4 Å². The van der Waals surface area contributed by atoms with Crippen molar-refractivity contribution in [2.24, 2.45) is 5.16 Å². The molecule has 0 fully saturated rings. The van der Waals surface area contributed by atoms with Gasteiger partial charge in [-0.3, -0.25) is 9.18 Å². The maximum absolute atomic E-state index is 11.3. The van der Waals surface area contributed by atoms with Gasteiger partial charge in [0.05, 0.1) is 12.9 Å². The van der Waals surface area contributed by atoms with Crippen molar-refractivity contribution in [3.8, 4) is 5.75 Å². The highest BCUT2D eigenvalue weighted by Crippen LogP contribution is 2.19. The van der Waals surface area contributed by atoms with E-state index in [1.54, 1.807) is 18.4 Å². The molecular weight excluding hydrogens is 435 g/mol. The van der Waals surface area contributed by atoms with E-state index in [0.717, 1.165) is 17.2 Å². The van der Waals surface area contributed by atoms with Crippen LogP contribution < -0.4 is 4.74 Å². The zero-order valence-electron chi connectivity index (χ0n) is 19.7. The average Bonchev–Trinajstić information content (AvgIpc) is 2.78. The van der Waals surface area contributed by atoms with E-state index in [-0.39, 0.29) is 25.3 Å². The number of aryl methyl sites for hydroxylation is 2. The first-order valence-corrected chi connectivity index (χ1v) is 10.2. The summed E-state index contributed by atoms with van der Waals surface area (Å²) < 4.78 is 38.5. The summed E-state index contributed by atoms with van der Waals surface area (Å²) in [4.78, 5) is 15.9. The lowest BCUT2D eigenvalue weighted by Crippen LogP contribution is -2.04. The summed E-state index contributed by atoms with van der Waals surface area (Å²) in [5.41, 5.74) is 1.80. The number of oxime groups is 1. The second-order valence-electron chi connectivity index (χ2n) is 6.24. The SMILES string of the molecule is C/C=C/C=N/O/C(=C/C)COc1ccc(CCC(=O)O)c(C)c1.C=CC(=C)C(F)F.CCF. The summed E-state index contributed by atoms with van der Waals surface area (Å²) in [7, 11) is 0. The number of ether oxygens (including phenoxy) is 1. The van der Waals surface area contributed by atoms with Crippen LogP contribution in [-0.4, -0.2) is 37.0 Å². The Morgan fingerprint density at radius 3 is 2.36 bits per heavy atom. The van der Waals surface area contributed by atoms with E-state index in [0.29, 0.717) is 17.9 Å². The third-order valence-corrected chi connectivity index (χ3v) is 3.68. The number of hydrogen-bond acceptors (Lipinski definition) is 4. The van der Waals surface area contributed by atoms with Crippen LogP contribution in [0, 0.1) is 6.92 Å². The van der Waals surface area contributed by atoms with Crippen LogP contribution in [-0.2, 0) is 16.1 Å². The third kappa shape index (κ3) is 18.0. The predicted molar refractivity (Wildman–Crippen MR) is 128 cm³/mol. The largest absolute Gasteiger partial charge is 0.486 e. The molecule has 0 unspecified atom stereocenters. The Balaban J connectivity index is 0. The average molecular weight is 470 g/mol. The number of nitrogens with zero attached hydrogens (tertiary/aromatic N) is 1. The van der Waals surface area contributed by atoms with Gasteiger partial charge in [0.25, 0.3) is 6.43 Å². The highest BCUT2D eigenvalue weighted by Gasteiger charge is 2.05. The third-order valence-electron chi connectivity index (χ3n) is 3.68. The van der Waals surface area contributed by atoms with Crippen molar-refractivity contribution in [1.82, 2.24) is 0 Å². The normalized spacial score (nSPS) is 10.8. The van der Waals surface area contributed by atoms with Gasteiger partial charge in [-0.2, -0.15) is 0 Å². The Kier molecular flexibility index (Phi) is 19.9. The van der Waals surface area contributed by atoms with E-state index in [1.807, 2.05) is 45.0 Å². The van der Waals surface area contributed by atoms with Crippen LogP contribution >= 0.6 is 0 Å². The van der Waals surface area contributed by atoms with Gasteiger partial charge in [0.1, 0.15) is 12.4 Å². The molecule has 0 heterocycles. The van der Waals surface area contributed by atoms with Crippen molar-refractivity contribution in [3.05, 3.63) is 78.1 Å². The molecule has 8 heteroatoms. The molecule has 0 saturated carbocycles.